The number of aliphatic hydroxyl groups excluding tert-OH is 4. The lowest BCUT2D eigenvalue weighted by Gasteiger charge is -2.39. The highest BCUT2D eigenvalue weighted by atomic mass is 16.4. The van der Waals surface area contributed by atoms with Crippen molar-refractivity contribution >= 4 is 5.78 Å². The van der Waals surface area contributed by atoms with Crippen LogP contribution in [0.5, 0.6) is 0 Å². The van der Waals surface area contributed by atoms with Crippen molar-refractivity contribution in [1.82, 2.24) is 0 Å². The van der Waals surface area contributed by atoms with Crippen LogP contribution >= 0.6 is 0 Å². The first-order chi connectivity index (χ1) is 6.36. The number of rotatable bonds is 1. The van der Waals surface area contributed by atoms with Gasteiger partial charge in [-0.05, 0) is 0 Å². The average molecular weight is 193 g/mol. The van der Waals surface area contributed by atoms with E-state index in [1.54, 1.807) is 0 Å². The zero-order valence-corrected chi connectivity index (χ0v) is 6.66. The molecule has 5 atom stereocenters. The number of hydrogen-bond donors (Lipinski definition) is 5. The summed E-state index contributed by atoms with van der Waals surface area (Å²) in [6.07, 6.45) is -7.59. The van der Waals surface area contributed by atoms with Crippen LogP contribution in [0.15, 0.2) is 0 Å². The summed E-state index contributed by atoms with van der Waals surface area (Å²) in [7, 11) is 0. The van der Waals surface area contributed by atoms with Crippen molar-refractivity contribution in [1.29, 1.82) is 0 Å². The standard InChI is InChI=1S/C7H12O6/c8-2-7(13)1-3(9)4(10)5(11)6(7)12/h4-6,8,10-13H,1-2H2/t4-,5+,6-,7+/m0/s1/i1D/t1-,4+,5-,6+,7-/m1. The largest absolute Gasteiger partial charge is 0.393 e. The first-order valence-electron chi connectivity index (χ1n) is 4.27. The number of hydrogen-bond acceptors (Lipinski definition) is 6. The van der Waals surface area contributed by atoms with E-state index < -0.39 is 42.7 Å². The Morgan fingerprint density at radius 2 is 2.08 bits per heavy atom. The summed E-state index contributed by atoms with van der Waals surface area (Å²) in [6, 6.07) is 0. The van der Waals surface area contributed by atoms with Crippen LogP contribution in [-0.4, -0.2) is 61.8 Å². The molecule has 6 heteroatoms. The van der Waals surface area contributed by atoms with Gasteiger partial charge in [0.2, 0.25) is 0 Å². The Labute approximate surface area is 75.5 Å². The van der Waals surface area contributed by atoms with Gasteiger partial charge in [0, 0.05) is 7.77 Å². The molecule has 0 radical (unpaired) electrons. The normalized spacial score (nSPS) is 53.3. The quantitative estimate of drug-likeness (QED) is 0.299. The molecule has 0 aromatic carbocycles. The van der Waals surface area contributed by atoms with Crippen LogP contribution in [0.3, 0.4) is 0 Å². The number of ketones is 1. The molecule has 1 aliphatic carbocycles. The minimum atomic E-state index is -2.42. The fourth-order valence-electron chi connectivity index (χ4n) is 1.19. The van der Waals surface area contributed by atoms with Crippen molar-refractivity contribution in [2.75, 3.05) is 6.61 Å². The van der Waals surface area contributed by atoms with E-state index in [1.807, 2.05) is 0 Å². The van der Waals surface area contributed by atoms with Crippen LogP contribution in [-0.2, 0) is 4.79 Å². The van der Waals surface area contributed by atoms with Gasteiger partial charge >= 0.3 is 0 Å². The van der Waals surface area contributed by atoms with Gasteiger partial charge in [0.1, 0.15) is 23.9 Å². The first-order valence-corrected chi connectivity index (χ1v) is 3.69. The average Bonchev–Trinajstić information content (AvgIpc) is 2.21. The summed E-state index contributed by atoms with van der Waals surface area (Å²) in [4.78, 5) is 11.1. The maximum absolute atomic E-state index is 11.1. The molecule has 1 aliphatic rings. The Hall–Kier alpha value is -0.530. The van der Waals surface area contributed by atoms with Gasteiger partial charge in [0.15, 0.2) is 5.78 Å². The molecule has 0 spiro atoms. The maximum atomic E-state index is 11.1. The predicted octanol–water partition coefficient (Wildman–Crippen LogP) is -3.23. The molecule has 5 N–H and O–H groups in total. The molecular formula is C7H12O6. The van der Waals surface area contributed by atoms with Gasteiger partial charge in [-0.1, -0.05) is 0 Å². The summed E-state index contributed by atoms with van der Waals surface area (Å²) < 4.78 is 7.19. The highest BCUT2D eigenvalue weighted by Gasteiger charge is 2.50. The second kappa shape index (κ2) is 3.32. The Bertz CT molecular complexity index is 246. The number of carbonyl (C=O) groups is 1. The van der Waals surface area contributed by atoms with Crippen LogP contribution in [0.4, 0.5) is 0 Å². The lowest BCUT2D eigenvalue weighted by Crippen LogP contribution is -2.62. The van der Waals surface area contributed by atoms with E-state index in [0.717, 1.165) is 0 Å². The van der Waals surface area contributed by atoms with Crippen LogP contribution in [0.2, 0.25) is 0 Å². The van der Waals surface area contributed by atoms with E-state index in [0.29, 0.717) is 0 Å². The summed E-state index contributed by atoms with van der Waals surface area (Å²) in [5.74, 6) is -1.13. The number of Topliss-reactive ketones (excluding diaryl/α,β-unsaturated/α-hetero) is 1. The maximum Gasteiger partial charge on any atom is 0.167 e. The zero-order chi connectivity index (χ0) is 11.1. The van der Waals surface area contributed by atoms with Gasteiger partial charge in [0.25, 0.3) is 0 Å². The highest BCUT2D eigenvalue weighted by molar-refractivity contribution is 5.85. The van der Waals surface area contributed by atoms with Gasteiger partial charge in [-0.3, -0.25) is 4.79 Å². The van der Waals surface area contributed by atoms with Gasteiger partial charge in [0.05, 0.1) is 6.61 Å². The second-order valence-electron chi connectivity index (χ2n) is 3.08. The number of carbonyl (C=O) groups excluding carboxylic acids is 1. The van der Waals surface area contributed by atoms with E-state index >= 15 is 0 Å². The van der Waals surface area contributed by atoms with Crippen molar-refractivity contribution in [3.8, 4) is 0 Å². The molecule has 1 saturated carbocycles. The minimum absolute atomic E-state index is 1.04. The van der Waals surface area contributed by atoms with E-state index in [1.165, 1.54) is 0 Å². The summed E-state index contributed by atoms with van der Waals surface area (Å²) in [6.45, 7) is -1.04. The van der Waals surface area contributed by atoms with Crippen LogP contribution in [0, 0.1) is 0 Å². The van der Waals surface area contributed by atoms with E-state index in [4.69, 9.17) is 16.7 Å². The van der Waals surface area contributed by atoms with Crippen LogP contribution < -0.4 is 0 Å². The Kier molecular flexibility index (Phi) is 2.31. The van der Waals surface area contributed by atoms with E-state index in [-0.39, 0.29) is 0 Å². The third-order valence-electron chi connectivity index (χ3n) is 2.10. The molecule has 0 heterocycles. The van der Waals surface area contributed by atoms with Crippen LogP contribution in [0.25, 0.3) is 0 Å². The first kappa shape index (κ1) is 9.04. The molecule has 76 valence electrons. The zero-order valence-electron chi connectivity index (χ0n) is 7.66. The molecule has 0 aliphatic heterocycles. The smallest absolute Gasteiger partial charge is 0.167 e. The molecule has 1 fully saturated rings. The molecule has 0 amide bonds. The van der Waals surface area contributed by atoms with Crippen molar-refractivity contribution in [3.63, 3.8) is 0 Å². The van der Waals surface area contributed by atoms with Crippen molar-refractivity contribution in [3.05, 3.63) is 0 Å². The van der Waals surface area contributed by atoms with E-state index in [2.05, 4.69) is 0 Å². The summed E-state index contributed by atoms with van der Waals surface area (Å²) >= 11 is 0. The SMILES string of the molecule is [2H][C@@H]1C(=O)[C@H](O)[C@@H](O)[C@H](O)[C@]1(O)CO. The predicted molar refractivity (Wildman–Crippen MR) is 39.7 cm³/mol. The van der Waals surface area contributed by atoms with Crippen molar-refractivity contribution in [2.24, 2.45) is 0 Å². The van der Waals surface area contributed by atoms with Crippen LogP contribution in [0.1, 0.15) is 7.77 Å². The fraction of sp³-hybridized carbons (Fsp3) is 0.857. The van der Waals surface area contributed by atoms with Gasteiger partial charge < -0.3 is 25.5 Å². The summed E-state index contributed by atoms with van der Waals surface area (Å²) in [5.41, 5.74) is -2.42. The Morgan fingerprint density at radius 3 is 2.54 bits per heavy atom. The minimum Gasteiger partial charge on any atom is -0.393 e. The molecular weight excluding hydrogens is 180 g/mol. The highest BCUT2D eigenvalue weighted by Crippen LogP contribution is 2.26. The molecule has 1 rings (SSSR count). The summed E-state index contributed by atoms with van der Waals surface area (Å²) in [5, 5.41) is 45.7. The van der Waals surface area contributed by atoms with Crippen molar-refractivity contribution in [2.45, 2.75) is 30.3 Å². The molecule has 0 aromatic heterocycles. The third-order valence-corrected chi connectivity index (χ3v) is 2.10. The second-order valence-corrected chi connectivity index (χ2v) is 3.08. The number of aliphatic hydroxyl groups is 5. The molecule has 6 nitrogen and oxygen atoms in total. The van der Waals surface area contributed by atoms with Crippen molar-refractivity contribution < 1.29 is 31.7 Å². The monoisotopic (exact) mass is 193 g/mol. The Morgan fingerprint density at radius 1 is 1.54 bits per heavy atom. The molecule has 0 saturated heterocycles. The molecule has 0 bridgehead atoms. The lowest BCUT2D eigenvalue weighted by molar-refractivity contribution is -0.198. The lowest BCUT2D eigenvalue weighted by atomic mass is 9.78. The fourth-order valence-corrected chi connectivity index (χ4v) is 1.19. The van der Waals surface area contributed by atoms with Gasteiger partial charge in [-0.25, -0.2) is 0 Å². The van der Waals surface area contributed by atoms with Gasteiger partial charge in [-0.15, -0.1) is 0 Å². The molecule has 0 aromatic rings. The van der Waals surface area contributed by atoms with E-state index in [9.17, 15) is 15.0 Å². The Balaban J connectivity index is 3.04. The third kappa shape index (κ3) is 1.59. The topological polar surface area (TPSA) is 118 Å². The molecule has 13 heavy (non-hydrogen) atoms. The molecule has 0 unspecified atom stereocenters. The van der Waals surface area contributed by atoms with Gasteiger partial charge in [-0.2, -0.15) is 0 Å².